The molecule has 1 aliphatic heterocycles. The zero-order valence-corrected chi connectivity index (χ0v) is 9.26. The quantitative estimate of drug-likeness (QED) is 0.687. The average molecular weight is 186 g/mol. The maximum absolute atomic E-state index is 5.64. The van der Waals surface area contributed by atoms with Gasteiger partial charge in [-0.25, -0.2) is 0 Å². The van der Waals surface area contributed by atoms with Gasteiger partial charge in [0.1, 0.15) is 0 Å². The summed E-state index contributed by atoms with van der Waals surface area (Å²) in [6.07, 6.45) is 0.359. The van der Waals surface area contributed by atoms with Gasteiger partial charge in [-0.1, -0.05) is 0 Å². The largest absolute Gasteiger partial charge is 0.374 e. The fourth-order valence-corrected chi connectivity index (χ4v) is 1.41. The van der Waals surface area contributed by atoms with Crippen LogP contribution in [0.4, 0.5) is 0 Å². The lowest BCUT2D eigenvalue weighted by molar-refractivity contribution is -0.0205. The molecule has 1 atom stereocenters. The minimum absolute atomic E-state index is 0.194. The first kappa shape index (κ1) is 11.0. The molecule has 0 radical (unpaired) electrons. The maximum atomic E-state index is 5.64. The molecule has 1 N–H and O–H groups in total. The van der Waals surface area contributed by atoms with Gasteiger partial charge in [0.2, 0.25) is 0 Å². The Balaban J connectivity index is 2.21. The van der Waals surface area contributed by atoms with Crippen LogP contribution in [-0.2, 0) is 4.74 Å². The lowest BCUT2D eigenvalue weighted by atomic mass is 10.1. The number of likely N-dealkylation sites (N-methyl/N-ethyl adjacent to an activating group) is 1. The van der Waals surface area contributed by atoms with Crippen LogP contribution in [0, 0.1) is 0 Å². The molecule has 0 bridgehead atoms. The molecule has 78 valence electrons. The predicted molar refractivity (Wildman–Crippen MR) is 55.0 cm³/mol. The van der Waals surface area contributed by atoms with Gasteiger partial charge < -0.3 is 15.0 Å². The van der Waals surface area contributed by atoms with E-state index < -0.39 is 0 Å². The van der Waals surface area contributed by atoms with E-state index in [4.69, 9.17) is 4.74 Å². The second kappa shape index (κ2) is 4.40. The van der Waals surface area contributed by atoms with Crippen molar-refractivity contribution in [3.8, 4) is 0 Å². The highest BCUT2D eigenvalue weighted by atomic mass is 16.5. The van der Waals surface area contributed by atoms with Crippen LogP contribution in [0.3, 0.4) is 0 Å². The van der Waals surface area contributed by atoms with Gasteiger partial charge in [-0.2, -0.15) is 0 Å². The van der Waals surface area contributed by atoms with Crippen LogP contribution < -0.4 is 5.32 Å². The Morgan fingerprint density at radius 3 is 2.69 bits per heavy atom. The highest BCUT2D eigenvalue weighted by Gasteiger charge is 2.19. The third-order valence-electron chi connectivity index (χ3n) is 2.20. The summed E-state index contributed by atoms with van der Waals surface area (Å²) in [4.78, 5) is 2.32. The third kappa shape index (κ3) is 4.60. The van der Waals surface area contributed by atoms with Crippen molar-refractivity contribution in [1.29, 1.82) is 0 Å². The van der Waals surface area contributed by atoms with Gasteiger partial charge in [-0.15, -0.1) is 0 Å². The molecular formula is C10H22N2O. The summed E-state index contributed by atoms with van der Waals surface area (Å²) in [6, 6.07) is 0. The Morgan fingerprint density at radius 2 is 2.15 bits per heavy atom. The molecule has 3 heteroatoms. The molecular weight excluding hydrogens is 164 g/mol. The van der Waals surface area contributed by atoms with Crippen molar-refractivity contribution in [2.24, 2.45) is 0 Å². The van der Waals surface area contributed by atoms with Gasteiger partial charge in [0, 0.05) is 25.2 Å². The summed E-state index contributed by atoms with van der Waals surface area (Å²) in [7, 11) is 2.15. The second-order valence-corrected chi connectivity index (χ2v) is 4.89. The van der Waals surface area contributed by atoms with E-state index in [-0.39, 0.29) is 5.54 Å². The van der Waals surface area contributed by atoms with Crippen molar-refractivity contribution in [1.82, 2.24) is 10.2 Å². The van der Waals surface area contributed by atoms with Gasteiger partial charge in [0.05, 0.1) is 12.7 Å². The SMILES string of the molecule is CN1CCOC(CNC(C)(C)C)C1. The number of hydrogen-bond donors (Lipinski definition) is 1. The molecule has 1 fully saturated rings. The normalized spacial score (nSPS) is 26.3. The fourth-order valence-electron chi connectivity index (χ4n) is 1.41. The van der Waals surface area contributed by atoms with Crippen LogP contribution in [0.25, 0.3) is 0 Å². The zero-order valence-electron chi connectivity index (χ0n) is 9.26. The van der Waals surface area contributed by atoms with Crippen molar-refractivity contribution in [3.05, 3.63) is 0 Å². The average Bonchev–Trinajstić information content (AvgIpc) is 2.00. The number of hydrogen-bond acceptors (Lipinski definition) is 3. The minimum atomic E-state index is 0.194. The van der Waals surface area contributed by atoms with Crippen LogP contribution in [0.15, 0.2) is 0 Å². The van der Waals surface area contributed by atoms with Crippen LogP contribution in [-0.4, -0.2) is 49.8 Å². The van der Waals surface area contributed by atoms with E-state index >= 15 is 0 Å². The second-order valence-electron chi connectivity index (χ2n) is 4.89. The lowest BCUT2D eigenvalue weighted by Crippen LogP contribution is -2.48. The monoisotopic (exact) mass is 186 g/mol. The number of nitrogens with zero attached hydrogens (tertiary/aromatic N) is 1. The standard InChI is InChI=1S/C10H22N2O/c1-10(2,3)11-7-9-8-12(4)5-6-13-9/h9,11H,5-8H2,1-4H3. The number of nitrogens with one attached hydrogen (secondary N) is 1. The minimum Gasteiger partial charge on any atom is -0.374 e. The summed E-state index contributed by atoms with van der Waals surface area (Å²) in [5, 5.41) is 3.46. The Morgan fingerprint density at radius 1 is 1.46 bits per heavy atom. The van der Waals surface area contributed by atoms with Crippen LogP contribution in [0.5, 0.6) is 0 Å². The predicted octanol–water partition coefficient (Wildman–Crippen LogP) is 0.705. The van der Waals surface area contributed by atoms with Gasteiger partial charge in [-0.3, -0.25) is 0 Å². The molecule has 0 saturated carbocycles. The fraction of sp³-hybridized carbons (Fsp3) is 1.00. The molecule has 0 aromatic rings. The summed E-state index contributed by atoms with van der Waals surface area (Å²) in [5.41, 5.74) is 0.194. The molecule has 1 unspecified atom stereocenters. The summed E-state index contributed by atoms with van der Waals surface area (Å²) in [6.45, 7) is 10.5. The molecule has 0 spiro atoms. The molecule has 3 nitrogen and oxygen atoms in total. The zero-order chi connectivity index (χ0) is 9.90. The van der Waals surface area contributed by atoms with Crippen molar-refractivity contribution in [2.45, 2.75) is 32.4 Å². The lowest BCUT2D eigenvalue weighted by Gasteiger charge is -2.32. The summed E-state index contributed by atoms with van der Waals surface area (Å²) in [5.74, 6) is 0. The van der Waals surface area contributed by atoms with E-state index in [2.05, 4.69) is 38.0 Å². The van der Waals surface area contributed by atoms with Crippen LogP contribution in [0.2, 0.25) is 0 Å². The topological polar surface area (TPSA) is 24.5 Å². The number of ether oxygens (including phenoxy) is 1. The van der Waals surface area contributed by atoms with Gasteiger partial charge >= 0.3 is 0 Å². The van der Waals surface area contributed by atoms with Crippen LogP contribution in [0.1, 0.15) is 20.8 Å². The highest BCUT2D eigenvalue weighted by Crippen LogP contribution is 2.04. The first-order chi connectivity index (χ1) is 5.97. The van der Waals surface area contributed by atoms with Gasteiger partial charge in [0.15, 0.2) is 0 Å². The van der Waals surface area contributed by atoms with E-state index in [0.717, 1.165) is 26.2 Å². The van der Waals surface area contributed by atoms with E-state index in [0.29, 0.717) is 6.10 Å². The van der Waals surface area contributed by atoms with Crippen molar-refractivity contribution >= 4 is 0 Å². The van der Waals surface area contributed by atoms with Crippen LogP contribution >= 0.6 is 0 Å². The molecule has 13 heavy (non-hydrogen) atoms. The maximum Gasteiger partial charge on any atom is 0.0826 e. The third-order valence-corrected chi connectivity index (χ3v) is 2.20. The summed E-state index contributed by atoms with van der Waals surface area (Å²) >= 11 is 0. The van der Waals surface area contributed by atoms with Crippen molar-refractivity contribution in [2.75, 3.05) is 33.3 Å². The Kier molecular flexibility index (Phi) is 3.71. The molecule has 1 saturated heterocycles. The molecule has 1 aliphatic rings. The Bertz CT molecular complexity index is 153. The van der Waals surface area contributed by atoms with E-state index in [9.17, 15) is 0 Å². The van der Waals surface area contributed by atoms with Gasteiger partial charge in [-0.05, 0) is 27.8 Å². The molecule has 0 aromatic carbocycles. The van der Waals surface area contributed by atoms with E-state index in [1.54, 1.807) is 0 Å². The first-order valence-corrected chi connectivity index (χ1v) is 5.02. The van der Waals surface area contributed by atoms with Crippen molar-refractivity contribution < 1.29 is 4.74 Å². The summed E-state index contributed by atoms with van der Waals surface area (Å²) < 4.78 is 5.64. The van der Waals surface area contributed by atoms with Gasteiger partial charge in [0.25, 0.3) is 0 Å². The van der Waals surface area contributed by atoms with E-state index in [1.807, 2.05) is 0 Å². The molecule has 0 aromatic heterocycles. The first-order valence-electron chi connectivity index (χ1n) is 5.02. The molecule has 1 rings (SSSR count). The smallest absolute Gasteiger partial charge is 0.0826 e. The number of morpholine rings is 1. The van der Waals surface area contributed by atoms with E-state index in [1.165, 1.54) is 0 Å². The Labute approximate surface area is 81.4 Å². The molecule has 0 amide bonds. The number of rotatable bonds is 2. The van der Waals surface area contributed by atoms with Crippen molar-refractivity contribution in [3.63, 3.8) is 0 Å². The molecule has 1 heterocycles. The Hall–Kier alpha value is -0.120. The highest BCUT2D eigenvalue weighted by molar-refractivity contribution is 4.76. The molecule has 0 aliphatic carbocycles.